The molecule has 0 aliphatic rings. The van der Waals surface area contributed by atoms with Crippen LogP contribution in [0.25, 0.3) is 0 Å². The van der Waals surface area contributed by atoms with Gasteiger partial charge in [0.1, 0.15) is 0 Å². The normalized spacial score (nSPS) is 10.4. The number of methoxy groups -OCH3 is 2. The highest BCUT2D eigenvalue weighted by atomic mass is 79.9. The van der Waals surface area contributed by atoms with Crippen molar-refractivity contribution in [1.29, 1.82) is 0 Å². The molecular weight excluding hydrogens is 294 g/mol. The van der Waals surface area contributed by atoms with Crippen LogP contribution in [-0.2, 0) is 16.0 Å². The molecule has 0 bridgehead atoms. The van der Waals surface area contributed by atoms with Gasteiger partial charge in [-0.2, -0.15) is 0 Å². The molecule has 16 heavy (non-hydrogen) atoms. The Hall–Kier alpha value is -0.430. The summed E-state index contributed by atoms with van der Waals surface area (Å²) in [5.74, 6) is -0.300. The summed E-state index contributed by atoms with van der Waals surface area (Å²) in [7, 11) is 3.04. The summed E-state index contributed by atoms with van der Waals surface area (Å²) >= 11 is 4.89. The lowest BCUT2D eigenvalue weighted by Crippen LogP contribution is -2.19. The fourth-order valence-corrected chi connectivity index (χ4v) is 2.84. The summed E-state index contributed by atoms with van der Waals surface area (Å²) in [6.07, 6.45) is 0. The van der Waals surface area contributed by atoms with Gasteiger partial charge in [0.05, 0.1) is 23.1 Å². The molecule has 0 saturated heterocycles. The Morgan fingerprint density at radius 3 is 2.94 bits per heavy atom. The Morgan fingerprint density at radius 2 is 2.31 bits per heavy atom. The van der Waals surface area contributed by atoms with Crippen molar-refractivity contribution in [2.75, 3.05) is 27.4 Å². The first-order valence-corrected chi connectivity index (χ1v) is 6.36. The monoisotopic (exact) mass is 307 g/mol. The van der Waals surface area contributed by atoms with Gasteiger partial charge in [-0.15, -0.1) is 11.3 Å². The largest absolute Gasteiger partial charge is 0.465 e. The van der Waals surface area contributed by atoms with Gasteiger partial charge in [-0.3, -0.25) is 0 Å². The predicted molar refractivity (Wildman–Crippen MR) is 66.9 cm³/mol. The standard InChI is InChI=1S/C10H14BrNO3S/c1-14-4-3-12-6-8-7(10(13)15-2)5-9(11)16-8/h5,12H,3-4,6H2,1-2H3. The molecular formula is C10H14BrNO3S. The van der Waals surface area contributed by atoms with Crippen LogP contribution in [0.1, 0.15) is 15.2 Å². The molecule has 1 heterocycles. The molecule has 4 nitrogen and oxygen atoms in total. The van der Waals surface area contributed by atoms with Crippen molar-refractivity contribution in [3.8, 4) is 0 Å². The van der Waals surface area contributed by atoms with E-state index >= 15 is 0 Å². The molecule has 1 rings (SSSR count). The van der Waals surface area contributed by atoms with Crippen LogP contribution in [0.5, 0.6) is 0 Å². The molecule has 0 aromatic carbocycles. The summed E-state index contributed by atoms with van der Waals surface area (Å²) in [6, 6.07) is 1.78. The van der Waals surface area contributed by atoms with Gasteiger partial charge in [0, 0.05) is 25.1 Å². The van der Waals surface area contributed by atoms with Crippen LogP contribution in [-0.4, -0.2) is 33.3 Å². The van der Waals surface area contributed by atoms with Gasteiger partial charge in [0.25, 0.3) is 0 Å². The molecule has 0 aliphatic heterocycles. The quantitative estimate of drug-likeness (QED) is 0.645. The minimum Gasteiger partial charge on any atom is -0.465 e. The van der Waals surface area contributed by atoms with Crippen LogP contribution in [0.2, 0.25) is 0 Å². The van der Waals surface area contributed by atoms with Crippen molar-refractivity contribution in [1.82, 2.24) is 5.32 Å². The number of nitrogens with one attached hydrogen (secondary N) is 1. The third-order valence-electron chi connectivity index (χ3n) is 1.95. The molecule has 0 aliphatic carbocycles. The Morgan fingerprint density at radius 1 is 1.56 bits per heavy atom. The highest BCUT2D eigenvalue weighted by molar-refractivity contribution is 9.11. The zero-order valence-corrected chi connectivity index (χ0v) is 11.6. The number of thiophene rings is 1. The maximum atomic E-state index is 11.4. The molecule has 0 unspecified atom stereocenters. The van der Waals surface area contributed by atoms with Crippen LogP contribution in [0.3, 0.4) is 0 Å². The third-order valence-corrected chi connectivity index (χ3v) is 3.59. The van der Waals surface area contributed by atoms with E-state index in [4.69, 9.17) is 9.47 Å². The number of hydrogen-bond acceptors (Lipinski definition) is 5. The third kappa shape index (κ3) is 3.86. The average Bonchev–Trinajstić information content (AvgIpc) is 2.65. The Balaban J connectivity index is 2.60. The lowest BCUT2D eigenvalue weighted by Gasteiger charge is -2.04. The molecule has 90 valence electrons. The van der Waals surface area contributed by atoms with E-state index in [9.17, 15) is 4.79 Å². The second-order valence-corrected chi connectivity index (χ2v) is 5.56. The highest BCUT2D eigenvalue weighted by Crippen LogP contribution is 2.27. The van der Waals surface area contributed by atoms with Crippen LogP contribution in [0, 0.1) is 0 Å². The Bertz CT molecular complexity index is 354. The van der Waals surface area contributed by atoms with Gasteiger partial charge >= 0.3 is 5.97 Å². The Labute approximate surface area is 107 Å². The molecule has 0 radical (unpaired) electrons. The van der Waals surface area contributed by atoms with Crippen LogP contribution >= 0.6 is 27.3 Å². The molecule has 0 fully saturated rings. The zero-order chi connectivity index (χ0) is 12.0. The molecule has 0 saturated carbocycles. The van der Waals surface area contributed by atoms with E-state index in [-0.39, 0.29) is 5.97 Å². The van der Waals surface area contributed by atoms with Crippen LogP contribution in [0.4, 0.5) is 0 Å². The van der Waals surface area contributed by atoms with Gasteiger partial charge in [-0.25, -0.2) is 4.79 Å². The summed E-state index contributed by atoms with van der Waals surface area (Å²) in [4.78, 5) is 12.4. The van der Waals surface area contributed by atoms with E-state index in [1.165, 1.54) is 18.4 Å². The summed E-state index contributed by atoms with van der Waals surface area (Å²) in [5.41, 5.74) is 0.615. The minimum atomic E-state index is -0.300. The van der Waals surface area contributed by atoms with Crippen molar-refractivity contribution in [3.63, 3.8) is 0 Å². The molecule has 1 aromatic rings. The topological polar surface area (TPSA) is 47.6 Å². The van der Waals surface area contributed by atoms with Crippen molar-refractivity contribution in [3.05, 3.63) is 20.3 Å². The van der Waals surface area contributed by atoms with E-state index in [0.29, 0.717) is 18.7 Å². The molecule has 0 spiro atoms. The average molecular weight is 308 g/mol. The SMILES string of the molecule is COCCNCc1sc(Br)cc1C(=O)OC. The lowest BCUT2D eigenvalue weighted by atomic mass is 10.2. The van der Waals surface area contributed by atoms with Crippen molar-refractivity contribution >= 4 is 33.2 Å². The van der Waals surface area contributed by atoms with Crippen LogP contribution in [0.15, 0.2) is 9.85 Å². The van der Waals surface area contributed by atoms with E-state index in [1.807, 2.05) is 0 Å². The van der Waals surface area contributed by atoms with Gasteiger partial charge in [0.2, 0.25) is 0 Å². The van der Waals surface area contributed by atoms with Crippen molar-refractivity contribution < 1.29 is 14.3 Å². The molecule has 1 aromatic heterocycles. The van der Waals surface area contributed by atoms with Gasteiger partial charge < -0.3 is 14.8 Å². The predicted octanol–water partition coefficient (Wildman–Crippen LogP) is 2.03. The van der Waals surface area contributed by atoms with Crippen molar-refractivity contribution in [2.45, 2.75) is 6.54 Å². The second-order valence-electron chi connectivity index (χ2n) is 3.05. The zero-order valence-electron chi connectivity index (χ0n) is 9.21. The van der Waals surface area contributed by atoms with E-state index in [1.54, 1.807) is 13.2 Å². The smallest absolute Gasteiger partial charge is 0.339 e. The van der Waals surface area contributed by atoms with Gasteiger partial charge in [0.15, 0.2) is 0 Å². The number of carbonyl (C=O) groups excluding carboxylic acids is 1. The van der Waals surface area contributed by atoms with Crippen LogP contribution < -0.4 is 5.32 Å². The van der Waals surface area contributed by atoms with E-state index in [0.717, 1.165) is 15.2 Å². The first-order chi connectivity index (χ1) is 7.69. The number of rotatable bonds is 6. The second kappa shape index (κ2) is 7.01. The first-order valence-electron chi connectivity index (χ1n) is 4.75. The maximum absolute atomic E-state index is 11.4. The number of hydrogen-bond donors (Lipinski definition) is 1. The van der Waals surface area contributed by atoms with Crippen molar-refractivity contribution in [2.24, 2.45) is 0 Å². The number of ether oxygens (including phenoxy) is 2. The molecule has 6 heteroatoms. The number of esters is 1. The molecule has 0 atom stereocenters. The van der Waals surface area contributed by atoms with E-state index < -0.39 is 0 Å². The summed E-state index contributed by atoms with van der Waals surface area (Å²) < 4.78 is 10.6. The molecule has 1 N–H and O–H groups in total. The fourth-order valence-electron chi connectivity index (χ4n) is 1.19. The number of halogens is 1. The lowest BCUT2D eigenvalue weighted by molar-refractivity contribution is 0.0600. The molecule has 0 amide bonds. The highest BCUT2D eigenvalue weighted by Gasteiger charge is 2.15. The van der Waals surface area contributed by atoms with E-state index in [2.05, 4.69) is 21.2 Å². The Kier molecular flexibility index (Phi) is 5.97. The maximum Gasteiger partial charge on any atom is 0.339 e. The van der Waals surface area contributed by atoms with Gasteiger partial charge in [-0.05, 0) is 22.0 Å². The number of carbonyl (C=O) groups is 1. The fraction of sp³-hybridized carbons (Fsp3) is 0.500. The summed E-state index contributed by atoms with van der Waals surface area (Å²) in [6.45, 7) is 2.05. The first kappa shape index (κ1) is 13.6. The van der Waals surface area contributed by atoms with Gasteiger partial charge in [-0.1, -0.05) is 0 Å². The minimum absolute atomic E-state index is 0.300. The summed E-state index contributed by atoms with van der Waals surface area (Å²) in [5, 5.41) is 3.19.